The van der Waals surface area contributed by atoms with Gasteiger partial charge in [-0.05, 0) is 49.7 Å². The number of hydrogen-bond donors (Lipinski definition) is 2. The number of pyridine rings is 1. The molecule has 2 heterocycles. The first-order valence-corrected chi connectivity index (χ1v) is 16.9. The van der Waals surface area contributed by atoms with Gasteiger partial charge in [0, 0.05) is 31.4 Å². The van der Waals surface area contributed by atoms with Crippen molar-refractivity contribution in [2.24, 2.45) is 7.05 Å². The van der Waals surface area contributed by atoms with E-state index in [-0.39, 0.29) is 10.6 Å². The lowest BCUT2D eigenvalue weighted by Crippen LogP contribution is -2.48. The number of nitrogens with zero attached hydrogens (tertiary/aromatic N) is 3. The Hall–Kier alpha value is -3.11. The first kappa shape index (κ1) is 31.4. The van der Waals surface area contributed by atoms with Gasteiger partial charge in [0.2, 0.25) is 5.95 Å². The highest BCUT2D eigenvalue weighted by molar-refractivity contribution is 6.74. The van der Waals surface area contributed by atoms with Crippen LogP contribution < -0.4 is 25.7 Å². The fourth-order valence-electron chi connectivity index (χ4n) is 4.16. The van der Waals surface area contributed by atoms with Crippen molar-refractivity contribution in [3.63, 3.8) is 0 Å². The van der Waals surface area contributed by atoms with Gasteiger partial charge in [0.05, 0.1) is 31.9 Å². The third-order valence-electron chi connectivity index (χ3n) is 7.92. The van der Waals surface area contributed by atoms with E-state index in [2.05, 4.69) is 63.3 Å². The van der Waals surface area contributed by atoms with Gasteiger partial charge in [-0.3, -0.25) is 4.79 Å². The van der Waals surface area contributed by atoms with E-state index >= 15 is 0 Å². The van der Waals surface area contributed by atoms with Crippen molar-refractivity contribution in [2.75, 3.05) is 31.5 Å². The van der Waals surface area contributed by atoms with Crippen LogP contribution in [0.4, 0.5) is 11.8 Å². The van der Waals surface area contributed by atoms with Crippen LogP contribution in [-0.2, 0) is 18.0 Å². The maximum atomic E-state index is 13.3. The van der Waals surface area contributed by atoms with Gasteiger partial charge >= 0.3 is 0 Å². The predicted octanol–water partition coefficient (Wildman–Crippen LogP) is 6.34. The first-order chi connectivity index (χ1) is 18.7. The molecule has 0 spiro atoms. The number of ether oxygens (including phenoxy) is 2. The molecule has 9 nitrogen and oxygen atoms in total. The highest BCUT2D eigenvalue weighted by Gasteiger charge is 2.39. The highest BCUT2D eigenvalue weighted by atomic mass is 28.4. The Balaban J connectivity index is 2.00. The Morgan fingerprint density at radius 3 is 2.40 bits per heavy atom. The fourth-order valence-corrected chi connectivity index (χ4v) is 5.27. The zero-order chi connectivity index (χ0) is 29.7. The number of nitrogens with one attached hydrogen (secondary N) is 2. The SMILES string of the molecule is CCCCC(C)(CO[Si](C)(C)C(C)(C)C)Nc1nc(NCc2ccc(OC)cc2OC)nc2ccn(C)c(=O)c12. The first-order valence-electron chi connectivity index (χ1n) is 14.0. The number of hydrogen-bond acceptors (Lipinski definition) is 8. The molecule has 40 heavy (non-hydrogen) atoms. The minimum absolute atomic E-state index is 0.0931. The van der Waals surface area contributed by atoms with Crippen LogP contribution in [-0.4, -0.2) is 49.2 Å². The van der Waals surface area contributed by atoms with Crippen LogP contribution in [0.5, 0.6) is 11.5 Å². The topological polar surface area (TPSA) is 99.5 Å². The van der Waals surface area contributed by atoms with E-state index in [0.717, 1.165) is 30.6 Å². The third-order valence-corrected chi connectivity index (χ3v) is 12.4. The molecule has 0 fully saturated rings. The average molecular weight is 570 g/mol. The number of aryl methyl sites for hydroxylation is 1. The van der Waals surface area contributed by atoms with Gasteiger partial charge in [-0.2, -0.15) is 4.98 Å². The number of methoxy groups -OCH3 is 2. The monoisotopic (exact) mass is 569 g/mol. The lowest BCUT2D eigenvalue weighted by Gasteiger charge is -2.40. The van der Waals surface area contributed by atoms with Gasteiger partial charge in [-0.25, -0.2) is 4.98 Å². The van der Waals surface area contributed by atoms with Crippen molar-refractivity contribution in [2.45, 2.75) is 84.1 Å². The van der Waals surface area contributed by atoms with Crippen LogP contribution in [0.3, 0.4) is 0 Å². The standard InChI is InChI=1S/C30H47N5O4Si/c1-11-12-16-30(5,20-39-40(9,10)29(2,3)4)34-26-25-23(15-17-35(6)27(25)36)32-28(33-26)31-19-21-13-14-22(37-7)18-24(21)38-8/h13-15,17-18H,11-12,16,19-20H2,1-10H3,(H2,31,32,33,34). The number of anilines is 2. The molecule has 0 aliphatic rings. The Bertz CT molecular complexity index is 1370. The molecule has 2 aromatic heterocycles. The largest absolute Gasteiger partial charge is 0.497 e. The Labute approximate surface area is 239 Å². The molecule has 2 N–H and O–H groups in total. The van der Waals surface area contributed by atoms with Gasteiger partial charge in [-0.15, -0.1) is 0 Å². The van der Waals surface area contributed by atoms with Crippen LogP contribution in [0.15, 0.2) is 35.3 Å². The molecule has 0 aliphatic carbocycles. The summed E-state index contributed by atoms with van der Waals surface area (Å²) in [6.07, 6.45) is 4.69. The average Bonchev–Trinajstić information content (AvgIpc) is 2.91. The summed E-state index contributed by atoms with van der Waals surface area (Å²) in [4.78, 5) is 22.8. The summed E-state index contributed by atoms with van der Waals surface area (Å²) >= 11 is 0. The van der Waals surface area contributed by atoms with Gasteiger partial charge in [-0.1, -0.05) is 40.5 Å². The maximum absolute atomic E-state index is 13.3. The van der Waals surface area contributed by atoms with Crippen molar-refractivity contribution in [3.05, 3.63) is 46.4 Å². The molecule has 0 radical (unpaired) electrons. The minimum atomic E-state index is -1.99. The van der Waals surface area contributed by atoms with E-state index in [1.165, 1.54) is 0 Å². The second-order valence-corrected chi connectivity index (χ2v) is 17.1. The third kappa shape index (κ3) is 7.34. The van der Waals surface area contributed by atoms with Crippen molar-refractivity contribution in [1.29, 1.82) is 0 Å². The van der Waals surface area contributed by atoms with Crippen LogP contribution in [0, 0.1) is 0 Å². The van der Waals surface area contributed by atoms with Crippen LogP contribution in [0.1, 0.15) is 59.4 Å². The summed E-state index contributed by atoms with van der Waals surface area (Å²) in [7, 11) is 3.00. The molecule has 3 rings (SSSR count). The van der Waals surface area contributed by atoms with Crippen molar-refractivity contribution >= 4 is 31.0 Å². The smallest absolute Gasteiger partial charge is 0.263 e. The number of unbranched alkanes of at least 4 members (excludes halogenated alkanes) is 1. The molecule has 220 valence electrons. The van der Waals surface area contributed by atoms with Crippen LogP contribution >= 0.6 is 0 Å². The lowest BCUT2D eigenvalue weighted by molar-refractivity contribution is 0.214. The van der Waals surface area contributed by atoms with Crippen LogP contribution in [0.25, 0.3) is 10.9 Å². The van der Waals surface area contributed by atoms with Crippen molar-refractivity contribution in [3.8, 4) is 11.5 Å². The normalized spacial score (nSPS) is 13.7. The van der Waals surface area contributed by atoms with E-state index in [4.69, 9.17) is 18.9 Å². The summed E-state index contributed by atoms with van der Waals surface area (Å²) in [5.74, 6) is 2.35. The lowest BCUT2D eigenvalue weighted by atomic mass is 9.95. The number of aromatic nitrogens is 3. The summed E-state index contributed by atoms with van der Waals surface area (Å²) < 4.78 is 19.1. The van der Waals surface area contributed by atoms with Crippen molar-refractivity contribution in [1.82, 2.24) is 14.5 Å². The summed E-state index contributed by atoms with van der Waals surface area (Å²) in [6.45, 7) is 16.6. The van der Waals surface area contributed by atoms with E-state index in [0.29, 0.717) is 41.6 Å². The highest BCUT2D eigenvalue weighted by Crippen LogP contribution is 2.38. The molecule has 0 bridgehead atoms. The minimum Gasteiger partial charge on any atom is -0.497 e. The number of fused-ring (bicyclic) bond motifs is 1. The Morgan fingerprint density at radius 1 is 1.05 bits per heavy atom. The van der Waals surface area contributed by atoms with Gasteiger partial charge < -0.3 is 29.1 Å². The van der Waals surface area contributed by atoms with E-state index in [1.54, 1.807) is 32.0 Å². The molecule has 1 atom stereocenters. The zero-order valence-corrected chi connectivity index (χ0v) is 26.9. The van der Waals surface area contributed by atoms with Gasteiger partial charge in [0.25, 0.3) is 5.56 Å². The second-order valence-electron chi connectivity index (χ2n) is 12.3. The van der Waals surface area contributed by atoms with E-state index < -0.39 is 13.9 Å². The Morgan fingerprint density at radius 2 is 1.77 bits per heavy atom. The molecule has 3 aromatic rings. The number of benzene rings is 1. The van der Waals surface area contributed by atoms with E-state index in [1.807, 2.05) is 24.3 Å². The molecular formula is C30H47N5O4Si. The van der Waals surface area contributed by atoms with Gasteiger partial charge in [0.15, 0.2) is 8.32 Å². The predicted molar refractivity (Wildman–Crippen MR) is 166 cm³/mol. The fraction of sp³-hybridized carbons (Fsp3) is 0.567. The molecule has 1 aromatic carbocycles. The molecule has 0 aliphatic heterocycles. The molecule has 0 saturated carbocycles. The number of rotatable bonds is 13. The molecular weight excluding hydrogens is 522 g/mol. The summed E-state index contributed by atoms with van der Waals surface area (Å²) in [5, 5.41) is 7.54. The Kier molecular flexibility index (Phi) is 9.89. The second kappa shape index (κ2) is 12.6. The van der Waals surface area contributed by atoms with Crippen LogP contribution in [0.2, 0.25) is 18.1 Å². The summed E-state index contributed by atoms with van der Waals surface area (Å²) in [5.41, 5.74) is 0.935. The van der Waals surface area contributed by atoms with Crippen molar-refractivity contribution < 1.29 is 13.9 Å². The van der Waals surface area contributed by atoms with Gasteiger partial charge in [0.1, 0.15) is 22.7 Å². The molecule has 1 unspecified atom stereocenters. The quantitative estimate of drug-likeness (QED) is 0.230. The summed E-state index contributed by atoms with van der Waals surface area (Å²) in [6, 6.07) is 7.52. The molecule has 0 saturated heterocycles. The van der Waals surface area contributed by atoms with E-state index in [9.17, 15) is 4.79 Å². The zero-order valence-electron chi connectivity index (χ0n) is 25.9. The maximum Gasteiger partial charge on any atom is 0.263 e. The molecule has 10 heteroatoms. The molecule has 0 amide bonds.